The molecule has 1 aliphatic rings. The maximum atomic E-state index is 13.4. The molecule has 1 N–H and O–H groups in total. The van der Waals surface area contributed by atoms with Crippen molar-refractivity contribution in [1.82, 2.24) is 14.2 Å². The summed E-state index contributed by atoms with van der Waals surface area (Å²) in [6, 6.07) is 4.97. The third-order valence-corrected chi connectivity index (χ3v) is 7.77. The number of carbonyl (C=O) groups excluding carboxylic acids is 1. The molecule has 27 heavy (non-hydrogen) atoms. The van der Waals surface area contributed by atoms with Gasteiger partial charge in [-0.3, -0.25) is 0 Å². The van der Waals surface area contributed by atoms with E-state index in [1.165, 1.54) is 4.31 Å². The van der Waals surface area contributed by atoms with Crippen molar-refractivity contribution in [2.45, 2.75) is 24.2 Å². The van der Waals surface area contributed by atoms with Crippen LogP contribution in [0.5, 0.6) is 0 Å². The maximum absolute atomic E-state index is 13.4. The van der Waals surface area contributed by atoms with Gasteiger partial charge in [0.15, 0.2) is 0 Å². The van der Waals surface area contributed by atoms with E-state index in [2.05, 4.69) is 9.88 Å². The second-order valence-corrected chi connectivity index (χ2v) is 10.4. The van der Waals surface area contributed by atoms with E-state index < -0.39 is 10.0 Å². The van der Waals surface area contributed by atoms with Crippen LogP contribution in [0.2, 0.25) is 5.02 Å². The molecule has 1 saturated heterocycles. The molecule has 1 aromatic heterocycles. The standard InChI is InChI=1S/C18H23AsClN3O3S/c1-22(2)8-5-12-6-9-23(10-7-12)27(25,26)17-14-11-13(20)3-4-15(14)21-16(17)18(19)24/h3-4,11-12,21H,5-10H2,1-2H3. The summed E-state index contributed by atoms with van der Waals surface area (Å²) in [4.78, 5) is 17.2. The van der Waals surface area contributed by atoms with Crippen LogP contribution in [0.3, 0.4) is 0 Å². The molecule has 1 fully saturated rings. The van der Waals surface area contributed by atoms with Crippen molar-refractivity contribution in [3.8, 4) is 0 Å². The summed E-state index contributed by atoms with van der Waals surface area (Å²) in [7, 11) is 0.300. The van der Waals surface area contributed by atoms with Crippen molar-refractivity contribution in [3.05, 3.63) is 28.9 Å². The molecule has 0 unspecified atom stereocenters. The van der Waals surface area contributed by atoms with Crippen molar-refractivity contribution in [2.24, 2.45) is 5.92 Å². The summed E-state index contributed by atoms with van der Waals surface area (Å²) in [6.07, 6.45) is 2.74. The van der Waals surface area contributed by atoms with Gasteiger partial charge in [-0.25, -0.2) is 0 Å². The average molecular weight is 472 g/mol. The van der Waals surface area contributed by atoms with Gasteiger partial charge in [-0.05, 0) is 0 Å². The van der Waals surface area contributed by atoms with Gasteiger partial charge in [0, 0.05) is 0 Å². The van der Waals surface area contributed by atoms with E-state index in [0.29, 0.717) is 34.9 Å². The van der Waals surface area contributed by atoms with Crippen LogP contribution in [-0.4, -0.2) is 77.8 Å². The molecule has 0 amide bonds. The van der Waals surface area contributed by atoms with Crippen molar-refractivity contribution in [2.75, 3.05) is 33.7 Å². The molecule has 3 rings (SSSR count). The van der Waals surface area contributed by atoms with E-state index in [-0.39, 0.29) is 15.2 Å². The van der Waals surface area contributed by atoms with Gasteiger partial charge in [0.05, 0.1) is 0 Å². The van der Waals surface area contributed by atoms with Gasteiger partial charge in [0.25, 0.3) is 0 Å². The number of rotatable bonds is 6. The fraction of sp³-hybridized carbons (Fsp3) is 0.500. The Bertz CT molecular complexity index is 950. The number of piperidine rings is 1. The zero-order valence-electron chi connectivity index (χ0n) is 15.4. The molecule has 2 heterocycles. The monoisotopic (exact) mass is 471 g/mol. The Kier molecular flexibility index (Phi) is 6.38. The first-order valence-electron chi connectivity index (χ1n) is 8.89. The molecular formula is C18H23AsClN3O3S. The first-order valence-corrected chi connectivity index (χ1v) is 11.6. The molecule has 0 bridgehead atoms. The van der Waals surface area contributed by atoms with Crippen molar-refractivity contribution < 1.29 is 13.2 Å². The predicted octanol–water partition coefficient (Wildman–Crippen LogP) is 2.48. The number of benzene rings is 1. The molecule has 0 saturated carbocycles. The van der Waals surface area contributed by atoms with Crippen LogP contribution in [0.1, 0.15) is 29.8 Å². The first kappa shape index (κ1) is 20.9. The minimum atomic E-state index is -3.79. The Morgan fingerprint density at radius 3 is 2.59 bits per heavy atom. The number of nitrogens with zero attached hydrogens (tertiary/aromatic N) is 2. The molecule has 2 radical (unpaired) electrons. The fourth-order valence-corrected chi connectivity index (χ4v) is 6.05. The molecule has 0 aliphatic carbocycles. The Balaban J connectivity index is 1.91. The number of hydrogen-bond donors (Lipinski definition) is 1. The summed E-state index contributed by atoms with van der Waals surface area (Å²) in [5, 5.41) is 0.900. The van der Waals surface area contributed by atoms with Crippen LogP contribution in [0.25, 0.3) is 10.9 Å². The van der Waals surface area contributed by atoms with E-state index in [9.17, 15) is 13.2 Å². The van der Waals surface area contributed by atoms with E-state index in [1.807, 2.05) is 30.9 Å². The molecule has 0 atom stereocenters. The molecule has 1 aromatic carbocycles. The van der Waals surface area contributed by atoms with E-state index >= 15 is 0 Å². The summed E-state index contributed by atoms with van der Waals surface area (Å²) < 4.78 is 27.9. The molecule has 146 valence electrons. The van der Waals surface area contributed by atoms with Crippen LogP contribution >= 0.6 is 11.6 Å². The number of H-pyrrole nitrogens is 1. The van der Waals surface area contributed by atoms with Gasteiger partial charge >= 0.3 is 174 Å². The van der Waals surface area contributed by atoms with Gasteiger partial charge in [0.1, 0.15) is 0 Å². The van der Waals surface area contributed by atoms with Crippen molar-refractivity contribution in [3.63, 3.8) is 0 Å². The molecule has 6 nitrogen and oxygen atoms in total. The Morgan fingerprint density at radius 2 is 2.00 bits per heavy atom. The van der Waals surface area contributed by atoms with Crippen molar-refractivity contribution >= 4 is 54.0 Å². The number of aromatic amines is 1. The average Bonchev–Trinajstić information content (AvgIpc) is 3.00. The number of carbonyl (C=O) groups is 1. The molecule has 1 aliphatic heterocycles. The number of fused-ring (bicyclic) bond motifs is 1. The van der Waals surface area contributed by atoms with Crippen LogP contribution < -0.4 is 0 Å². The number of halogens is 1. The van der Waals surface area contributed by atoms with E-state index in [1.54, 1.807) is 18.2 Å². The zero-order valence-corrected chi connectivity index (χ0v) is 18.9. The van der Waals surface area contributed by atoms with Gasteiger partial charge in [0.2, 0.25) is 0 Å². The normalized spacial score (nSPS) is 17.1. The third-order valence-electron chi connectivity index (χ3n) is 5.08. The van der Waals surface area contributed by atoms with Crippen LogP contribution in [-0.2, 0) is 10.0 Å². The molecular weight excluding hydrogens is 449 g/mol. The molecule has 0 spiro atoms. The number of nitrogens with one attached hydrogen (secondary N) is 1. The molecule has 9 heteroatoms. The Labute approximate surface area is 173 Å². The van der Waals surface area contributed by atoms with Gasteiger partial charge in [-0.15, -0.1) is 0 Å². The second-order valence-electron chi connectivity index (χ2n) is 7.26. The minimum absolute atomic E-state index is 0.0392. The summed E-state index contributed by atoms with van der Waals surface area (Å²) in [5.41, 5.74) is 0.690. The SMILES string of the molecule is CN(C)CCC1CCN(S(=O)(=O)c2c(C(=O)[As])[nH]c3ccc(Cl)cc23)CC1. The number of aromatic nitrogens is 1. The van der Waals surface area contributed by atoms with Crippen LogP contribution in [0.15, 0.2) is 23.1 Å². The first-order chi connectivity index (χ1) is 12.7. The van der Waals surface area contributed by atoms with Crippen LogP contribution in [0.4, 0.5) is 0 Å². The topological polar surface area (TPSA) is 73.5 Å². The van der Waals surface area contributed by atoms with E-state index in [4.69, 9.17) is 11.6 Å². The quantitative estimate of drug-likeness (QED) is 0.657. The number of sulfonamides is 1. The van der Waals surface area contributed by atoms with Gasteiger partial charge < -0.3 is 0 Å². The summed E-state index contributed by atoms with van der Waals surface area (Å²) in [5.74, 6) is 0.528. The second kappa shape index (κ2) is 8.26. The van der Waals surface area contributed by atoms with E-state index in [0.717, 1.165) is 25.8 Å². The summed E-state index contributed by atoms with van der Waals surface area (Å²) in [6.45, 7) is 1.95. The van der Waals surface area contributed by atoms with Crippen molar-refractivity contribution in [1.29, 1.82) is 0 Å². The predicted molar refractivity (Wildman–Crippen MR) is 108 cm³/mol. The third kappa shape index (κ3) is 4.43. The Morgan fingerprint density at radius 1 is 1.33 bits per heavy atom. The zero-order chi connectivity index (χ0) is 19.8. The number of hydrogen-bond acceptors (Lipinski definition) is 4. The van der Waals surface area contributed by atoms with Gasteiger partial charge in [-0.2, -0.15) is 0 Å². The van der Waals surface area contributed by atoms with Gasteiger partial charge in [-0.1, -0.05) is 0 Å². The van der Waals surface area contributed by atoms with Crippen LogP contribution in [0, 0.1) is 5.92 Å². The molecule has 2 aromatic rings. The Hall–Kier alpha value is -0.852. The summed E-state index contributed by atoms with van der Waals surface area (Å²) >= 11 is 7.96. The fourth-order valence-electron chi connectivity index (χ4n) is 3.57.